The molecule has 0 aliphatic rings. The maximum Gasteiger partial charge on any atom is 0.246 e. The molecule has 1 rings (SSSR count). The van der Waals surface area contributed by atoms with Gasteiger partial charge in [-0.15, -0.1) is 24.0 Å². The fourth-order valence-corrected chi connectivity index (χ4v) is 2.81. The monoisotopic (exact) mass is 507 g/mol. The van der Waals surface area contributed by atoms with Crippen molar-refractivity contribution in [1.82, 2.24) is 15.5 Å². The third-order valence-electron chi connectivity index (χ3n) is 4.07. The third kappa shape index (κ3) is 10.8. The Bertz CT molecular complexity index is 585. The van der Waals surface area contributed by atoms with Crippen LogP contribution in [0.3, 0.4) is 0 Å². The van der Waals surface area contributed by atoms with Gasteiger partial charge >= 0.3 is 0 Å². The summed E-state index contributed by atoms with van der Waals surface area (Å²) >= 11 is 0. The molecule has 0 aliphatic carbocycles. The molecule has 0 heterocycles. The molecule has 1 amide bonds. The summed E-state index contributed by atoms with van der Waals surface area (Å²) < 4.78 is 12.9. The molecule has 0 saturated heterocycles. The zero-order valence-corrected chi connectivity index (χ0v) is 19.9. The van der Waals surface area contributed by atoms with Gasteiger partial charge in [-0.3, -0.25) is 9.69 Å². The van der Waals surface area contributed by atoms with Crippen molar-refractivity contribution in [2.45, 2.75) is 53.1 Å². The first-order valence-electron chi connectivity index (χ1n) is 9.66. The Morgan fingerprint density at radius 2 is 1.71 bits per heavy atom. The molecular formula is C20H35FIN5O. The van der Waals surface area contributed by atoms with Gasteiger partial charge < -0.3 is 16.0 Å². The standard InChI is InChI=1S/C20H34FN5O.HI/c1-6-22-20(23-12-7-13-26(15(2)3)16(4)5)24-14-19(27)25-18-10-8-17(21)9-11-18;/h8-11,15-16H,6-7,12-14H2,1-5H3,(H,25,27)(H2,22,23,24);1H. The highest BCUT2D eigenvalue weighted by Crippen LogP contribution is 2.08. The lowest BCUT2D eigenvalue weighted by Crippen LogP contribution is -2.41. The number of nitrogens with one attached hydrogen (secondary N) is 3. The number of aliphatic imine (C=N–C) groups is 1. The number of halogens is 2. The lowest BCUT2D eigenvalue weighted by molar-refractivity contribution is -0.114. The Kier molecular flexibility index (Phi) is 13.8. The quantitative estimate of drug-likeness (QED) is 0.197. The zero-order chi connectivity index (χ0) is 20.2. The molecular weight excluding hydrogens is 472 g/mol. The van der Waals surface area contributed by atoms with Crippen LogP contribution >= 0.6 is 24.0 Å². The van der Waals surface area contributed by atoms with E-state index < -0.39 is 0 Å². The van der Waals surface area contributed by atoms with Crippen LogP contribution in [0.5, 0.6) is 0 Å². The minimum atomic E-state index is -0.335. The first kappa shape index (κ1) is 26.6. The zero-order valence-electron chi connectivity index (χ0n) is 17.6. The average Bonchev–Trinajstić information content (AvgIpc) is 2.60. The van der Waals surface area contributed by atoms with Crippen LogP contribution in [0.4, 0.5) is 10.1 Å². The molecule has 3 N–H and O–H groups in total. The second-order valence-electron chi connectivity index (χ2n) is 6.96. The van der Waals surface area contributed by atoms with Crippen molar-refractivity contribution in [2.24, 2.45) is 4.99 Å². The van der Waals surface area contributed by atoms with Gasteiger partial charge in [-0.2, -0.15) is 0 Å². The molecule has 0 aromatic heterocycles. The molecule has 0 aliphatic heterocycles. The predicted octanol–water partition coefficient (Wildman–Crippen LogP) is 3.45. The van der Waals surface area contributed by atoms with Crippen LogP contribution in [-0.4, -0.2) is 55.0 Å². The summed E-state index contributed by atoms with van der Waals surface area (Å²) in [4.78, 5) is 18.8. The largest absolute Gasteiger partial charge is 0.357 e. The van der Waals surface area contributed by atoms with Crippen LogP contribution in [0, 0.1) is 5.82 Å². The summed E-state index contributed by atoms with van der Waals surface area (Å²) in [6, 6.07) is 6.69. The van der Waals surface area contributed by atoms with Crippen molar-refractivity contribution in [2.75, 3.05) is 31.5 Å². The van der Waals surface area contributed by atoms with Crippen LogP contribution in [0.25, 0.3) is 0 Å². The van der Waals surface area contributed by atoms with Crippen LogP contribution in [0.1, 0.15) is 41.0 Å². The number of nitrogens with zero attached hydrogens (tertiary/aromatic N) is 2. The van der Waals surface area contributed by atoms with Gasteiger partial charge in [0.2, 0.25) is 5.91 Å². The van der Waals surface area contributed by atoms with Crippen molar-refractivity contribution >= 4 is 41.5 Å². The first-order valence-corrected chi connectivity index (χ1v) is 9.66. The Morgan fingerprint density at radius 1 is 1.11 bits per heavy atom. The molecule has 8 heteroatoms. The van der Waals surface area contributed by atoms with Crippen molar-refractivity contribution in [1.29, 1.82) is 0 Å². The molecule has 0 fully saturated rings. The van der Waals surface area contributed by atoms with Gasteiger partial charge in [0.1, 0.15) is 12.4 Å². The van der Waals surface area contributed by atoms with Crippen molar-refractivity contribution in [3.63, 3.8) is 0 Å². The molecule has 0 bridgehead atoms. The summed E-state index contributed by atoms with van der Waals surface area (Å²) in [5.74, 6) is 0.0372. The van der Waals surface area contributed by atoms with Crippen LogP contribution in [0.2, 0.25) is 0 Å². The summed E-state index contributed by atoms with van der Waals surface area (Å²) in [7, 11) is 0. The highest BCUT2D eigenvalue weighted by molar-refractivity contribution is 14.0. The Hall–Kier alpha value is -1.42. The second kappa shape index (κ2) is 14.6. The summed E-state index contributed by atoms with van der Waals surface area (Å²) in [6.45, 7) is 13.3. The molecule has 1 aromatic carbocycles. The number of guanidine groups is 1. The number of hydrogen-bond donors (Lipinski definition) is 3. The lowest BCUT2D eigenvalue weighted by atomic mass is 10.2. The molecule has 0 unspecified atom stereocenters. The fourth-order valence-electron chi connectivity index (χ4n) is 2.81. The Labute approximate surface area is 185 Å². The number of carbonyl (C=O) groups is 1. The molecule has 0 spiro atoms. The molecule has 1 aromatic rings. The number of carbonyl (C=O) groups excluding carboxylic acids is 1. The number of benzene rings is 1. The third-order valence-corrected chi connectivity index (χ3v) is 4.07. The molecule has 0 radical (unpaired) electrons. The average molecular weight is 507 g/mol. The van der Waals surface area contributed by atoms with E-state index in [1.165, 1.54) is 24.3 Å². The van der Waals surface area contributed by atoms with E-state index in [2.05, 4.69) is 53.5 Å². The van der Waals surface area contributed by atoms with E-state index in [9.17, 15) is 9.18 Å². The fraction of sp³-hybridized carbons (Fsp3) is 0.600. The highest BCUT2D eigenvalue weighted by atomic mass is 127. The van der Waals surface area contributed by atoms with Crippen LogP contribution in [-0.2, 0) is 4.79 Å². The SMILES string of the molecule is CCNC(=NCC(=O)Nc1ccc(F)cc1)NCCCN(C(C)C)C(C)C.I. The topological polar surface area (TPSA) is 68.8 Å². The smallest absolute Gasteiger partial charge is 0.246 e. The van der Waals surface area contributed by atoms with Gasteiger partial charge in [0.25, 0.3) is 0 Å². The van der Waals surface area contributed by atoms with Crippen molar-refractivity contribution in [3.8, 4) is 0 Å². The van der Waals surface area contributed by atoms with Crippen LogP contribution < -0.4 is 16.0 Å². The van der Waals surface area contributed by atoms with E-state index >= 15 is 0 Å². The lowest BCUT2D eigenvalue weighted by Gasteiger charge is -2.30. The Balaban J connectivity index is 0.00000729. The molecule has 6 nitrogen and oxygen atoms in total. The highest BCUT2D eigenvalue weighted by Gasteiger charge is 2.12. The number of rotatable bonds is 10. The van der Waals surface area contributed by atoms with Gasteiger partial charge in [0, 0.05) is 37.4 Å². The normalized spacial score (nSPS) is 11.5. The summed E-state index contributed by atoms with van der Waals surface area (Å²) in [5.41, 5.74) is 0.553. The summed E-state index contributed by atoms with van der Waals surface area (Å²) in [5, 5.41) is 9.10. The maximum atomic E-state index is 12.9. The second-order valence-corrected chi connectivity index (χ2v) is 6.96. The van der Waals surface area contributed by atoms with Crippen LogP contribution in [0.15, 0.2) is 29.3 Å². The van der Waals surface area contributed by atoms with Gasteiger partial charge in [-0.25, -0.2) is 9.38 Å². The Morgan fingerprint density at radius 3 is 2.25 bits per heavy atom. The van der Waals surface area contributed by atoms with Gasteiger partial charge in [0.15, 0.2) is 5.96 Å². The van der Waals surface area contributed by atoms with Crippen molar-refractivity contribution < 1.29 is 9.18 Å². The van der Waals surface area contributed by atoms with E-state index in [4.69, 9.17) is 0 Å². The van der Waals surface area contributed by atoms with Gasteiger partial charge in [-0.1, -0.05) is 0 Å². The molecule has 0 atom stereocenters. The van der Waals surface area contributed by atoms with Crippen molar-refractivity contribution in [3.05, 3.63) is 30.1 Å². The minimum Gasteiger partial charge on any atom is -0.357 e. The van der Waals surface area contributed by atoms with Gasteiger partial charge in [-0.05, 0) is 65.3 Å². The molecule has 28 heavy (non-hydrogen) atoms. The minimum absolute atomic E-state index is 0. The number of amides is 1. The number of anilines is 1. The predicted molar refractivity (Wildman–Crippen MR) is 126 cm³/mol. The summed E-state index contributed by atoms with van der Waals surface area (Å²) in [6.07, 6.45) is 0.989. The molecule has 0 saturated carbocycles. The van der Waals surface area contributed by atoms with E-state index in [0.29, 0.717) is 23.7 Å². The van der Waals surface area contributed by atoms with E-state index in [-0.39, 0.29) is 42.2 Å². The van der Waals surface area contributed by atoms with E-state index in [1.807, 2.05) is 6.92 Å². The van der Waals surface area contributed by atoms with E-state index in [1.54, 1.807) is 0 Å². The number of hydrogen-bond acceptors (Lipinski definition) is 3. The first-order chi connectivity index (χ1) is 12.8. The molecule has 160 valence electrons. The van der Waals surface area contributed by atoms with E-state index in [0.717, 1.165) is 26.1 Å². The maximum absolute atomic E-state index is 12.9. The van der Waals surface area contributed by atoms with Gasteiger partial charge in [0.05, 0.1) is 0 Å².